The largest absolute Gasteiger partial charge is 0.469 e. The third-order valence-corrected chi connectivity index (χ3v) is 4.20. The zero-order valence-electron chi connectivity index (χ0n) is 10.2. The third-order valence-electron chi connectivity index (χ3n) is 4.20. The molecule has 3 rings (SSSR count). The van der Waals surface area contributed by atoms with Crippen LogP contribution in [0.3, 0.4) is 0 Å². The highest BCUT2D eigenvalue weighted by molar-refractivity contribution is 5.24. The van der Waals surface area contributed by atoms with Crippen LogP contribution < -0.4 is 5.32 Å². The lowest BCUT2D eigenvalue weighted by Gasteiger charge is -2.33. The molecule has 0 bridgehead atoms. The van der Waals surface area contributed by atoms with Crippen LogP contribution >= 0.6 is 0 Å². The van der Waals surface area contributed by atoms with E-state index in [9.17, 15) is 5.11 Å². The molecule has 3 nitrogen and oxygen atoms in total. The van der Waals surface area contributed by atoms with Crippen molar-refractivity contribution in [2.45, 2.75) is 63.1 Å². The van der Waals surface area contributed by atoms with Gasteiger partial charge in [-0.2, -0.15) is 0 Å². The number of aliphatic hydroxyl groups is 1. The van der Waals surface area contributed by atoms with Crippen molar-refractivity contribution < 1.29 is 9.52 Å². The lowest BCUT2D eigenvalue weighted by atomic mass is 9.88. The van der Waals surface area contributed by atoms with E-state index in [1.165, 1.54) is 24.8 Å². The van der Waals surface area contributed by atoms with Gasteiger partial charge in [0, 0.05) is 24.1 Å². The first-order chi connectivity index (χ1) is 8.34. The Kier molecular flexibility index (Phi) is 3.21. The summed E-state index contributed by atoms with van der Waals surface area (Å²) < 4.78 is 5.50. The van der Waals surface area contributed by atoms with Gasteiger partial charge < -0.3 is 14.8 Å². The van der Waals surface area contributed by atoms with Crippen LogP contribution in [-0.2, 0) is 6.42 Å². The second kappa shape index (κ2) is 4.83. The molecule has 1 saturated carbocycles. The standard InChI is InChI=1S/C14H21NO2/c16-13-6-2-1-4-12(13)15-11-5-3-7-14-10(11)8-9-17-14/h8-9,11-13,15-16H,1-7H2. The topological polar surface area (TPSA) is 45.4 Å². The zero-order chi connectivity index (χ0) is 11.7. The Labute approximate surface area is 102 Å². The maximum atomic E-state index is 10.0. The summed E-state index contributed by atoms with van der Waals surface area (Å²) in [5, 5.41) is 13.7. The molecular weight excluding hydrogens is 214 g/mol. The van der Waals surface area contributed by atoms with Gasteiger partial charge in [-0.1, -0.05) is 12.8 Å². The van der Waals surface area contributed by atoms with Crippen LogP contribution in [0.4, 0.5) is 0 Å². The van der Waals surface area contributed by atoms with Crippen molar-refractivity contribution in [1.82, 2.24) is 5.32 Å². The van der Waals surface area contributed by atoms with Gasteiger partial charge in [-0.3, -0.25) is 0 Å². The summed E-state index contributed by atoms with van der Waals surface area (Å²) in [5.74, 6) is 1.14. The van der Waals surface area contributed by atoms with Gasteiger partial charge in [0.15, 0.2) is 0 Å². The molecule has 3 unspecified atom stereocenters. The molecule has 94 valence electrons. The number of hydrogen-bond donors (Lipinski definition) is 2. The predicted molar refractivity (Wildman–Crippen MR) is 65.8 cm³/mol. The Morgan fingerprint density at radius 3 is 2.94 bits per heavy atom. The molecule has 0 amide bonds. The van der Waals surface area contributed by atoms with Crippen LogP contribution in [0, 0.1) is 0 Å². The highest BCUT2D eigenvalue weighted by Gasteiger charge is 2.29. The quantitative estimate of drug-likeness (QED) is 0.828. The number of nitrogens with one attached hydrogen (secondary N) is 1. The molecule has 0 spiro atoms. The van der Waals surface area contributed by atoms with Crippen LogP contribution in [0.2, 0.25) is 0 Å². The summed E-state index contributed by atoms with van der Waals surface area (Å²) in [6.07, 6.45) is 9.49. The number of aryl methyl sites for hydroxylation is 1. The summed E-state index contributed by atoms with van der Waals surface area (Å²) >= 11 is 0. The van der Waals surface area contributed by atoms with Gasteiger partial charge in [-0.25, -0.2) is 0 Å². The molecule has 0 radical (unpaired) electrons. The number of hydrogen-bond acceptors (Lipinski definition) is 3. The SMILES string of the molecule is OC1CCCCC1NC1CCCc2occc21. The Morgan fingerprint density at radius 1 is 1.18 bits per heavy atom. The molecule has 1 fully saturated rings. The maximum absolute atomic E-state index is 10.0. The molecule has 3 heteroatoms. The van der Waals surface area contributed by atoms with E-state index in [1.807, 2.05) is 0 Å². The molecule has 0 saturated heterocycles. The molecule has 2 aliphatic rings. The normalized spacial score (nSPS) is 33.4. The lowest BCUT2D eigenvalue weighted by Crippen LogP contribution is -2.44. The van der Waals surface area contributed by atoms with E-state index in [1.54, 1.807) is 6.26 Å². The fraction of sp³-hybridized carbons (Fsp3) is 0.714. The Bertz CT molecular complexity index is 374. The van der Waals surface area contributed by atoms with Crippen LogP contribution in [0.5, 0.6) is 0 Å². The summed E-state index contributed by atoms with van der Waals surface area (Å²) in [6.45, 7) is 0. The molecule has 1 aromatic rings. The smallest absolute Gasteiger partial charge is 0.108 e. The number of fused-ring (bicyclic) bond motifs is 1. The molecule has 2 aliphatic carbocycles. The first-order valence-electron chi connectivity index (χ1n) is 6.85. The van der Waals surface area contributed by atoms with E-state index >= 15 is 0 Å². The number of aliphatic hydroxyl groups excluding tert-OH is 1. The van der Waals surface area contributed by atoms with Gasteiger partial charge >= 0.3 is 0 Å². The summed E-state index contributed by atoms with van der Waals surface area (Å²) in [6, 6.07) is 2.74. The van der Waals surface area contributed by atoms with Gasteiger partial charge in [0.1, 0.15) is 5.76 Å². The molecule has 3 atom stereocenters. The van der Waals surface area contributed by atoms with Crippen LogP contribution in [0.15, 0.2) is 16.7 Å². The predicted octanol–water partition coefficient (Wildman–Crippen LogP) is 2.55. The maximum Gasteiger partial charge on any atom is 0.108 e. The van der Waals surface area contributed by atoms with Crippen molar-refractivity contribution in [2.75, 3.05) is 0 Å². The molecule has 0 aliphatic heterocycles. The molecule has 1 aromatic heterocycles. The third kappa shape index (κ3) is 2.26. The average Bonchev–Trinajstić information content (AvgIpc) is 2.81. The molecular formula is C14H21NO2. The van der Waals surface area contributed by atoms with Crippen molar-refractivity contribution in [3.8, 4) is 0 Å². The van der Waals surface area contributed by atoms with Crippen molar-refractivity contribution in [1.29, 1.82) is 0 Å². The summed E-state index contributed by atoms with van der Waals surface area (Å²) in [4.78, 5) is 0. The summed E-state index contributed by atoms with van der Waals surface area (Å²) in [7, 11) is 0. The number of furan rings is 1. The number of rotatable bonds is 2. The van der Waals surface area contributed by atoms with E-state index in [2.05, 4.69) is 11.4 Å². The lowest BCUT2D eigenvalue weighted by molar-refractivity contribution is 0.0831. The van der Waals surface area contributed by atoms with Crippen molar-refractivity contribution in [3.05, 3.63) is 23.7 Å². The fourth-order valence-electron chi connectivity index (χ4n) is 3.22. The van der Waals surface area contributed by atoms with E-state index in [0.29, 0.717) is 6.04 Å². The molecule has 2 N–H and O–H groups in total. The first-order valence-corrected chi connectivity index (χ1v) is 6.85. The van der Waals surface area contributed by atoms with Gasteiger partial charge in [-0.15, -0.1) is 0 Å². The van der Waals surface area contributed by atoms with Crippen molar-refractivity contribution >= 4 is 0 Å². The zero-order valence-corrected chi connectivity index (χ0v) is 10.2. The van der Waals surface area contributed by atoms with Crippen molar-refractivity contribution in [3.63, 3.8) is 0 Å². The Balaban J connectivity index is 1.70. The first kappa shape index (κ1) is 11.3. The van der Waals surface area contributed by atoms with Gasteiger partial charge in [0.2, 0.25) is 0 Å². The average molecular weight is 235 g/mol. The molecule has 0 aromatic carbocycles. The Morgan fingerprint density at radius 2 is 2.06 bits per heavy atom. The van der Waals surface area contributed by atoms with E-state index < -0.39 is 0 Å². The second-order valence-corrected chi connectivity index (χ2v) is 5.37. The van der Waals surface area contributed by atoms with Crippen LogP contribution in [0.25, 0.3) is 0 Å². The van der Waals surface area contributed by atoms with E-state index in [4.69, 9.17) is 4.42 Å². The van der Waals surface area contributed by atoms with Crippen molar-refractivity contribution in [2.24, 2.45) is 0 Å². The minimum absolute atomic E-state index is 0.166. The van der Waals surface area contributed by atoms with Gasteiger partial charge in [0.25, 0.3) is 0 Å². The monoisotopic (exact) mass is 235 g/mol. The van der Waals surface area contributed by atoms with E-state index in [-0.39, 0.29) is 12.1 Å². The van der Waals surface area contributed by atoms with Crippen LogP contribution in [-0.4, -0.2) is 17.3 Å². The summed E-state index contributed by atoms with van der Waals surface area (Å²) in [5.41, 5.74) is 1.31. The highest BCUT2D eigenvalue weighted by Crippen LogP contribution is 2.32. The Hall–Kier alpha value is -0.800. The minimum Gasteiger partial charge on any atom is -0.469 e. The molecule has 1 heterocycles. The molecule has 17 heavy (non-hydrogen) atoms. The second-order valence-electron chi connectivity index (χ2n) is 5.37. The van der Waals surface area contributed by atoms with Gasteiger partial charge in [0.05, 0.1) is 12.4 Å². The van der Waals surface area contributed by atoms with Gasteiger partial charge in [-0.05, 0) is 31.7 Å². The minimum atomic E-state index is -0.166. The highest BCUT2D eigenvalue weighted by atomic mass is 16.3. The fourth-order valence-corrected chi connectivity index (χ4v) is 3.22. The van der Waals surface area contributed by atoms with E-state index in [0.717, 1.165) is 31.4 Å². The van der Waals surface area contributed by atoms with Crippen LogP contribution in [0.1, 0.15) is 55.9 Å².